The molecular weight excluding hydrogens is 302 g/mol. The predicted molar refractivity (Wildman–Crippen MR) is 88.1 cm³/mol. The summed E-state index contributed by atoms with van der Waals surface area (Å²) in [5.41, 5.74) is 0. The van der Waals surface area contributed by atoms with Crippen LogP contribution in [0.5, 0.6) is 11.5 Å². The molecular formula is C16H27NO4S. The predicted octanol–water partition coefficient (Wildman–Crippen LogP) is 3.29. The fourth-order valence-electron chi connectivity index (χ4n) is 2.37. The van der Waals surface area contributed by atoms with Crippen LogP contribution in [0, 0.1) is 0 Å². The van der Waals surface area contributed by atoms with Crippen LogP contribution in [0.4, 0.5) is 0 Å². The van der Waals surface area contributed by atoms with Gasteiger partial charge in [-0.2, -0.15) is 4.31 Å². The maximum Gasteiger partial charge on any atom is 0.247 e. The van der Waals surface area contributed by atoms with Crippen LogP contribution in [0.2, 0.25) is 0 Å². The van der Waals surface area contributed by atoms with Gasteiger partial charge in [-0.3, -0.25) is 0 Å². The zero-order chi connectivity index (χ0) is 16.9. The first-order valence-corrected chi connectivity index (χ1v) is 9.02. The minimum absolute atomic E-state index is 0.0771. The maximum absolute atomic E-state index is 13.1. The second kappa shape index (κ2) is 7.83. The fourth-order valence-corrected chi connectivity index (χ4v) is 4.48. The van der Waals surface area contributed by atoms with E-state index in [-0.39, 0.29) is 17.0 Å². The summed E-state index contributed by atoms with van der Waals surface area (Å²) < 4.78 is 38.2. The van der Waals surface area contributed by atoms with Crippen LogP contribution in [0.25, 0.3) is 0 Å². The summed E-state index contributed by atoms with van der Waals surface area (Å²) in [5, 5.41) is 0. The van der Waals surface area contributed by atoms with Crippen LogP contribution in [-0.4, -0.2) is 39.0 Å². The van der Waals surface area contributed by atoms with Gasteiger partial charge in [-0.1, -0.05) is 13.8 Å². The number of hydrogen-bond acceptors (Lipinski definition) is 4. The van der Waals surface area contributed by atoms with Gasteiger partial charge in [-0.15, -0.1) is 0 Å². The number of nitrogens with zero attached hydrogens (tertiary/aromatic N) is 1. The molecule has 0 fully saturated rings. The summed E-state index contributed by atoms with van der Waals surface area (Å²) in [5.74, 6) is 0.866. The van der Waals surface area contributed by atoms with Crippen LogP contribution in [0.1, 0.15) is 40.5 Å². The van der Waals surface area contributed by atoms with Gasteiger partial charge < -0.3 is 9.47 Å². The molecule has 0 aliphatic rings. The molecule has 0 N–H and O–H groups in total. The second-order valence-electron chi connectivity index (χ2n) is 5.37. The van der Waals surface area contributed by atoms with Crippen LogP contribution in [0.15, 0.2) is 23.1 Å². The average Bonchev–Trinajstić information content (AvgIpc) is 2.53. The Kier molecular flexibility index (Phi) is 6.68. The van der Waals surface area contributed by atoms with Crippen molar-refractivity contribution in [2.45, 2.75) is 57.5 Å². The fraction of sp³-hybridized carbons (Fsp3) is 0.625. The van der Waals surface area contributed by atoms with Crippen molar-refractivity contribution in [1.82, 2.24) is 4.31 Å². The summed E-state index contributed by atoms with van der Waals surface area (Å²) in [6.45, 7) is 7.83. The zero-order valence-electron chi connectivity index (χ0n) is 14.3. The second-order valence-corrected chi connectivity index (χ2v) is 7.18. The minimum Gasteiger partial charge on any atom is -0.497 e. The number of benzene rings is 1. The third kappa shape index (κ3) is 3.73. The summed E-state index contributed by atoms with van der Waals surface area (Å²) in [7, 11) is -0.640. The highest BCUT2D eigenvalue weighted by atomic mass is 32.2. The molecule has 0 amide bonds. The smallest absolute Gasteiger partial charge is 0.247 e. The zero-order valence-corrected chi connectivity index (χ0v) is 15.1. The van der Waals surface area contributed by atoms with Gasteiger partial charge >= 0.3 is 0 Å². The summed E-state index contributed by atoms with van der Waals surface area (Å²) in [6, 6.07) is 4.63. The molecule has 2 atom stereocenters. The van der Waals surface area contributed by atoms with Crippen LogP contribution in [-0.2, 0) is 10.0 Å². The molecule has 5 nitrogen and oxygen atoms in total. The molecule has 0 radical (unpaired) electrons. The highest BCUT2D eigenvalue weighted by Gasteiger charge is 2.34. The van der Waals surface area contributed by atoms with E-state index in [9.17, 15) is 8.42 Å². The van der Waals surface area contributed by atoms with E-state index in [4.69, 9.17) is 9.47 Å². The highest BCUT2D eigenvalue weighted by Crippen LogP contribution is 2.33. The van der Waals surface area contributed by atoms with Gasteiger partial charge in [0, 0.05) is 18.2 Å². The van der Waals surface area contributed by atoms with E-state index in [1.165, 1.54) is 14.2 Å². The first-order valence-electron chi connectivity index (χ1n) is 7.58. The normalized spacial score (nSPS) is 14.7. The molecule has 0 heterocycles. The number of ether oxygens (including phenoxy) is 2. The first-order chi connectivity index (χ1) is 10.3. The van der Waals surface area contributed by atoms with Crippen LogP contribution >= 0.6 is 0 Å². The van der Waals surface area contributed by atoms with E-state index in [2.05, 4.69) is 0 Å². The lowest BCUT2D eigenvalue weighted by molar-refractivity contribution is 0.261. The van der Waals surface area contributed by atoms with Crippen molar-refractivity contribution in [2.24, 2.45) is 0 Å². The Labute approximate surface area is 134 Å². The number of sulfonamides is 1. The molecule has 1 rings (SSSR count). The lowest BCUT2D eigenvalue weighted by Crippen LogP contribution is -2.44. The van der Waals surface area contributed by atoms with E-state index in [1.54, 1.807) is 22.5 Å². The van der Waals surface area contributed by atoms with Crippen molar-refractivity contribution in [2.75, 3.05) is 14.2 Å². The van der Waals surface area contributed by atoms with Crippen molar-refractivity contribution in [3.63, 3.8) is 0 Å². The Morgan fingerprint density at radius 3 is 2.00 bits per heavy atom. The molecule has 1 aromatic rings. The van der Waals surface area contributed by atoms with Gasteiger partial charge in [0.05, 0.1) is 14.2 Å². The molecule has 1 aromatic carbocycles. The Hall–Kier alpha value is -1.27. The molecule has 0 aromatic heterocycles. The van der Waals surface area contributed by atoms with Gasteiger partial charge in [0.25, 0.3) is 0 Å². The summed E-state index contributed by atoms with van der Waals surface area (Å²) in [4.78, 5) is 0.177. The molecule has 126 valence electrons. The molecule has 6 heteroatoms. The number of methoxy groups -OCH3 is 2. The lowest BCUT2D eigenvalue weighted by Gasteiger charge is -2.33. The minimum atomic E-state index is -3.64. The van der Waals surface area contributed by atoms with Crippen LogP contribution < -0.4 is 9.47 Å². The molecule has 0 spiro atoms. The largest absolute Gasteiger partial charge is 0.497 e. The average molecular weight is 329 g/mol. The van der Waals surface area contributed by atoms with Crippen molar-refractivity contribution < 1.29 is 17.9 Å². The lowest BCUT2D eigenvalue weighted by atomic mass is 10.2. The molecule has 0 aliphatic heterocycles. The Balaban J connectivity index is 3.42. The van der Waals surface area contributed by atoms with Crippen molar-refractivity contribution in [3.05, 3.63) is 18.2 Å². The molecule has 2 unspecified atom stereocenters. The van der Waals surface area contributed by atoms with Crippen LogP contribution in [0.3, 0.4) is 0 Å². The number of rotatable bonds is 8. The quantitative estimate of drug-likeness (QED) is 0.734. The maximum atomic E-state index is 13.1. The third-order valence-corrected chi connectivity index (χ3v) is 6.14. The summed E-state index contributed by atoms with van der Waals surface area (Å²) >= 11 is 0. The highest BCUT2D eigenvalue weighted by molar-refractivity contribution is 7.89. The van der Waals surface area contributed by atoms with E-state index in [0.29, 0.717) is 11.5 Å². The van der Waals surface area contributed by atoms with Crippen molar-refractivity contribution >= 4 is 10.0 Å². The molecule has 0 bridgehead atoms. The van der Waals surface area contributed by atoms with Crippen molar-refractivity contribution in [3.8, 4) is 11.5 Å². The third-order valence-electron chi connectivity index (χ3n) is 3.98. The Morgan fingerprint density at radius 1 is 1.05 bits per heavy atom. The van der Waals surface area contributed by atoms with Gasteiger partial charge in [0.2, 0.25) is 10.0 Å². The van der Waals surface area contributed by atoms with Gasteiger partial charge in [-0.05, 0) is 38.8 Å². The van der Waals surface area contributed by atoms with Gasteiger partial charge in [0.15, 0.2) is 0 Å². The molecule has 22 heavy (non-hydrogen) atoms. The first kappa shape index (κ1) is 18.8. The van der Waals surface area contributed by atoms with E-state index >= 15 is 0 Å². The Morgan fingerprint density at radius 2 is 1.59 bits per heavy atom. The Bertz CT molecular complexity index is 576. The molecule has 0 aliphatic carbocycles. The number of hydrogen-bond donors (Lipinski definition) is 0. The summed E-state index contributed by atoms with van der Waals surface area (Å²) in [6.07, 6.45) is 1.50. The van der Waals surface area contributed by atoms with E-state index in [0.717, 1.165) is 12.8 Å². The van der Waals surface area contributed by atoms with E-state index in [1.807, 2.05) is 27.7 Å². The molecule has 0 saturated heterocycles. The molecule has 0 saturated carbocycles. The van der Waals surface area contributed by atoms with E-state index < -0.39 is 10.0 Å². The topological polar surface area (TPSA) is 55.8 Å². The van der Waals surface area contributed by atoms with Gasteiger partial charge in [-0.25, -0.2) is 8.42 Å². The van der Waals surface area contributed by atoms with Crippen molar-refractivity contribution in [1.29, 1.82) is 0 Å². The monoisotopic (exact) mass is 329 g/mol. The SMILES string of the molecule is CCC(C)N(C(C)CC)S(=O)(=O)c1ccc(OC)cc1OC. The van der Waals surface area contributed by atoms with Gasteiger partial charge in [0.1, 0.15) is 16.4 Å². The standard InChI is InChI=1S/C16H27NO4S/c1-7-12(3)17(13(4)8-2)22(18,19)16-10-9-14(20-5)11-15(16)21-6/h9-13H,7-8H2,1-6H3.